The fourth-order valence-corrected chi connectivity index (χ4v) is 3.17. The van der Waals surface area contributed by atoms with Crippen LogP contribution in [0.5, 0.6) is 11.5 Å². The predicted octanol–water partition coefficient (Wildman–Crippen LogP) is 5.26. The van der Waals surface area contributed by atoms with Crippen molar-refractivity contribution in [3.63, 3.8) is 0 Å². The third-order valence-corrected chi connectivity index (χ3v) is 6.12. The van der Waals surface area contributed by atoms with Gasteiger partial charge in [0.2, 0.25) is 0 Å². The van der Waals surface area contributed by atoms with Crippen molar-refractivity contribution < 1.29 is 18.7 Å². The Bertz CT molecular complexity index is 815. The minimum atomic E-state index is -0.469. The van der Waals surface area contributed by atoms with E-state index in [2.05, 4.69) is 41.2 Å². The first-order valence-electron chi connectivity index (χ1n) is 9.22. The molecule has 5 heteroatoms. The minimum absolute atomic E-state index is 0.152. The fraction of sp³-hybridized carbons (Fsp3) is 0.409. The van der Waals surface area contributed by atoms with Gasteiger partial charge in [-0.2, -0.15) is 0 Å². The quantitative estimate of drug-likeness (QED) is 0.256. The monoisotopic (exact) mass is 384 g/mol. The lowest BCUT2D eigenvalue weighted by Gasteiger charge is -2.32. The van der Waals surface area contributed by atoms with Gasteiger partial charge in [0.05, 0.1) is 5.60 Å². The molecule has 0 bridgehead atoms. The van der Waals surface area contributed by atoms with Crippen molar-refractivity contribution in [3.8, 4) is 11.5 Å². The van der Waals surface area contributed by atoms with Crippen LogP contribution in [0.2, 0.25) is 0 Å². The summed E-state index contributed by atoms with van der Waals surface area (Å²) in [6, 6.07) is 11.4. The average molecular weight is 385 g/mol. The second-order valence-electron chi connectivity index (χ2n) is 7.30. The third kappa shape index (κ3) is 5.94. The smallest absolute Gasteiger partial charge is 0.335 e. The van der Waals surface area contributed by atoms with E-state index in [1.165, 1.54) is 0 Å². The molecule has 0 aliphatic heterocycles. The Morgan fingerprint density at radius 2 is 1.63 bits per heavy atom. The van der Waals surface area contributed by atoms with Crippen LogP contribution in [0.25, 0.3) is 10.8 Å². The Morgan fingerprint density at radius 1 is 1.04 bits per heavy atom. The summed E-state index contributed by atoms with van der Waals surface area (Å²) in [6.45, 7) is 13.9. The molecule has 2 rings (SSSR count). The lowest BCUT2D eigenvalue weighted by atomic mass is 10.1. The first-order valence-corrected chi connectivity index (χ1v) is 10.1. The van der Waals surface area contributed by atoms with Gasteiger partial charge in [-0.15, -0.1) is 0 Å². The van der Waals surface area contributed by atoms with Crippen LogP contribution in [0.15, 0.2) is 49.1 Å². The second kappa shape index (κ2) is 8.72. The summed E-state index contributed by atoms with van der Waals surface area (Å²) in [7, 11) is 0.243. The molecule has 144 valence electrons. The minimum Gasteiger partial charge on any atom is -0.489 e. The molecule has 4 nitrogen and oxygen atoms in total. The molecule has 0 saturated carbocycles. The molecule has 2 radical (unpaired) electrons. The second-order valence-corrected chi connectivity index (χ2v) is 8.77. The maximum absolute atomic E-state index is 11.3. The fourth-order valence-electron chi connectivity index (χ4n) is 2.23. The molecule has 0 aromatic heterocycles. The number of carbonyl (C=O) groups is 1. The summed E-state index contributed by atoms with van der Waals surface area (Å²) >= 11 is 0. The molecule has 0 heterocycles. The highest BCUT2D eigenvalue weighted by Crippen LogP contribution is 2.28. The van der Waals surface area contributed by atoms with Gasteiger partial charge < -0.3 is 13.9 Å². The van der Waals surface area contributed by atoms with Gasteiger partial charge in [0.1, 0.15) is 16.7 Å². The van der Waals surface area contributed by atoms with Crippen LogP contribution in [0.1, 0.15) is 47.5 Å². The molecule has 27 heavy (non-hydrogen) atoms. The van der Waals surface area contributed by atoms with Crippen molar-refractivity contribution in [1.29, 1.82) is 0 Å². The molecule has 2 aromatic rings. The number of rotatable bonds is 9. The third-order valence-electron chi connectivity index (χ3n) is 4.58. The van der Waals surface area contributed by atoms with Crippen LogP contribution >= 0.6 is 0 Å². The summed E-state index contributed by atoms with van der Waals surface area (Å²) in [5, 5.41) is 1.61. The highest BCUT2D eigenvalue weighted by Gasteiger charge is 2.30. The van der Waals surface area contributed by atoms with E-state index in [1.54, 1.807) is 6.07 Å². The van der Waals surface area contributed by atoms with Crippen molar-refractivity contribution in [1.82, 2.24) is 0 Å². The summed E-state index contributed by atoms with van der Waals surface area (Å²) in [5.74, 6) is 0.827. The summed E-state index contributed by atoms with van der Waals surface area (Å²) in [4.78, 5) is 11.3. The Morgan fingerprint density at radius 3 is 2.19 bits per heavy atom. The normalized spacial score (nSPS) is 13.8. The van der Waals surface area contributed by atoms with Crippen molar-refractivity contribution in [2.45, 2.75) is 58.3 Å². The van der Waals surface area contributed by atoms with Crippen LogP contribution in [0.4, 0.5) is 0 Å². The molecular formula is C22H28O4Si. The number of carbonyl (C=O) groups excluding carboxylic acids is 1. The predicted molar refractivity (Wildman–Crippen MR) is 110 cm³/mol. The van der Waals surface area contributed by atoms with Crippen LogP contribution in [-0.2, 0) is 9.22 Å². The van der Waals surface area contributed by atoms with Crippen molar-refractivity contribution in [3.05, 3.63) is 49.1 Å². The van der Waals surface area contributed by atoms with Gasteiger partial charge in [0, 0.05) is 6.08 Å². The molecule has 2 aromatic carbocycles. The zero-order valence-corrected chi connectivity index (χ0v) is 17.8. The first kappa shape index (κ1) is 21.2. The molecule has 0 saturated heterocycles. The zero-order valence-electron chi connectivity index (χ0n) is 16.8. The maximum atomic E-state index is 11.3. The lowest BCUT2D eigenvalue weighted by molar-refractivity contribution is -0.128. The Labute approximate surface area is 164 Å². The molecule has 0 spiro atoms. The SMILES string of the molecule is C=CC(=O)Oc1ccc2cc(OC(C)(CC)[Si]OC(C)(C)CC)ccc2c1. The topological polar surface area (TPSA) is 44.8 Å². The van der Waals surface area contributed by atoms with Gasteiger partial charge in [-0.3, -0.25) is 0 Å². The van der Waals surface area contributed by atoms with E-state index in [1.807, 2.05) is 30.3 Å². The van der Waals surface area contributed by atoms with E-state index in [9.17, 15) is 4.79 Å². The van der Waals surface area contributed by atoms with E-state index in [0.717, 1.165) is 35.4 Å². The van der Waals surface area contributed by atoms with Crippen molar-refractivity contribution in [2.75, 3.05) is 0 Å². The molecular weight excluding hydrogens is 356 g/mol. The number of hydrogen-bond donors (Lipinski definition) is 0. The van der Waals surface area contributed by atoms with Gasteiger partial charge in [-0.25, -0.2) is 4.79 Å². The molecule has 0 N–H and O–H groups in total. The van der Waals surface area contributed by atoms with E-state index >= 15 is 0 Å². The lowest BCUT2D eigenvalue weighted by Crippen LogP contribution is -2.43. The Balaban J connectivity index is 2.16. The van der Waals surface area contributed by atoms with E-state index in [-0.39, 0.29) is 20.6 Å². The van der Waals surface area contributed by atoms with Gasteiger partial charge in [-0.05, 0) is 68.7 Å². The van der Waals surface area contributed by atoms with E-state index in [4.69, 9.17) is 13.9 Å². The standard InChI is InChI=1S/C22H28O4Si/c1-7-20(23)24-18-12-10-17-15-19(13-11-16(17)14-18)25-22(6,9-3)27-26-21(4,5)8-2/h7,10-15H,1,8-9H2,2-6H3. The van der Waals surface area contributed by atoms with Gasteiger partial charge in [0.25, 0.3) is 9.76 Å². The first-order chi connectivity index (χ1) is 12.7. The molecule has 1 unspecified atom stereocenters. The summed E-state index contributed by atoms with van der Waals surface area (Å²) in [5.41, 5.74) is -0.152. The Kier molecular flexibility index (Phi) is 6.84. The highest BCUT2D eigenvalue weighted by atomic mass is 28.2. The molecule has 0 aliphatic carbocycles. The number of benzene rings is 2. The highest BCUT2D eigenvalue weighted by molar-refractivity contribution is 6.32. The molecule has 0 amide bonds. The number of esters is 1. The maximum Gasteiger partial charge on any atom is 0.335 e. The van der Waals surface area contributed by atoms with Gasteiger partial charge >= 0.3 is 5.97 Å². The van der Waals surface area contributed by atoms with Crippen LogP contribution in [0, 0.1) is 0 Å². The number of fused-ring (bicyclic) bond motifs is 1. The van der Waals surface area contributed by atoms with Crippen LogP contribution in [-0.4, -0.2) is 26.6 Å². The number of hydrogen-bond acceptors (Lipinski definition) is 4. The average Bonchev–Trinajstić information content (AvgIpc) is 2.66. The summed E-state index contributed by atoms with van der Waals surface area (Å²) in [6.07, 6.45) is 2.95. The van der Waals surface area contributed by atoms with Crippen molar-refractivity contribution in [2.24, 2.45) is 0 Å². The molecule has 0 fully saturated rings. The van der Waals surface area contributed by atoms with Crippen LogP contribution in [0.3, 0.4) is 0 Å². The van der Waals surface area contributed by atoms with Crippen molar-refractivity contribution >= 4 is 26.5 Å². The number of ether oxygens (including phenoxy) is 2. The molecule has 0 aliphatic rings. The van der Waals surface area contributed by atoms with Crippen LogP contribution < -0.4 is 9.47 Å². The van der Waals surface area contributed by atoms with E-state index < -0.39 is 5.97 Å². The summed E-state index contributed by atoms with van der Waals surface area (Å²) < 4.78 is 17.6. The zero-order chi connectivity index (χ0) is 20.1. The van der Waals surface area contributed by atoms with Gasteiger partial charge in [0.15, 0.2) is 0 Å². The van der Waals surface area contributed by atoms with Gasteiger partial charge in [-0.1, -0.05) is 32.6 Å². The molecule has 1 atom stereocenters. The largest absolute Gasteiger partial charge is 0.489 e. The Hall–Kier alpha value is -2.11. The van der Waals surface area contributed by atoms with E-state index in [0.29, 0.717) is 5.75 Å².